The van der Waals surface area contributed by atoms with Crippen LogP contribution in [0.15, 0.2) is 46.2 Å². The Kier molecular flexibility index (Phi) is 5.48. The standard InChI is InChI=1S/C19H18N2O4S/c1-3-24-19(23)13-6-4-7-14(10-13)20-17(22)11-15-12(2)25-18(21-15)16-8-5-9-26-16/h4-10H,3,11H2,1-2H3,(H,20,22). The van der Waals surface area contributed by atoms with Crippen LogP contribution in [0, 0.1) is 6.92 Å². The van der Waals surface area contributed by atoms with Gasteiger partial charge in [0.2, 0.25) is 11.8 Å². The maximum Gasteiger partial charge on any atom is 0.338 e. The third kappa shape index (κ3) is 4.18. The van der Waals surface area contributed by atoms with Gasteiger partial charge in [-0.1, -0.05) is 12.1 Å². The molecule has 0 saturated heterocycles. The number of amides is 1. The summed E-state index contributed by atoms with van der Waals surface area (Å²) in [6.45, 7) is 3.83. The number of ether oxygens (including phenoxy) is 1. The smallest absolute Gasteiger partial charge is 0.338 e. The van der Waals surface area contributed by atoms with Crippen molar-refractivity contribution in [2.24, 2.45) is 0 Å². The first-order valence-corrected chi connectivity index (χ1v) is 9.02. The number of rotatable bonds is 6. The number of thiophene rings is 1. The van der Waals surface area contributed by atoms with Gasteiger partial charge >= 0.3 is 5.97 Å². The molecule has 3 aromatic rings. The van der Waals surface area contributed by atoms with Gasteiger partial charge in [-0.05, 0) is 43.5 Å². The third-order valence-corrected chi connectivity index (χ3v) is 4.47. The summed E-state index contributed by atoms with van der Waals surface area (Å²) in [5.74, 6) is 0.477. The Balaban J connectivity index is 1.68. The first-order chi connectivity index (χ1) is 12.6. The number of oxazole rings is 1. The topological polar surface area (TPSA) is 81.4 Å². The van der Waals surface area contributed by atoms with E-state index < -0.39 is 5.97 Å². The number of hydrogen-bond acceptors (Lipinski definition) is 6. The van der Waals surface area contributed by atoms with Gasteiger partial charge in [0, 0.05) is 5.69 Å². The molecule has 1 amide bonds. The number of carbonyl (C=O) groups excluding carboxylic acids is 2. The molecule has 0 unspecified atom stereocenters. The van der Waals surface area contributed by atoms with E-state index in [1.807, 2.05) is 17.5 Å². The van der Waals surface area contributed by atoms with Crippen LogP contribution in [0.1, 0.15) is 28.7 Å². The van der Waals surface area contributed by atoms with Crippen molar-refractivity contribution in [3.05, 3.63) is 58.8 Å². The van der Waals surface area contributed by atoms with Gasteiger partial charge < -0.3 is 14.5 Å². The Morgan fingerprint density at radius 2 is 2.12 bits per heavy atom. The molecule has 0 bridgehead atoms. The predicted octanol–water partition coefficient (Wildman–Crippen LogP) is 4.07. The fraction of sp³-hybridized carbons (Fsp3) is 0.211. The second-order valence-electron chi connectivity index (χ2n) is 5.53. The molecule has 0 radical (unpaired) electrons. The van der Waals surface area contributed by atoms with Crippen molar-refractivity contribution in [1.82, 2.24) is 4.98 Å². The Morgan fingerprint density at radius 1 is 1.27 bits per heavy atom. The number of nitrogens with one attached hydrogen (secondary N) is 1. The minimum atomic E-state index is -0.420. The fourth-order valence-electron chi connectivity index (χ4n) is 2.39. The van der Waals surface area contributed by atoms with E-state index in [-0.39, 0.29) is 12.3 Å². The lowest BCUT2D eigenvalue weighted by Crippen LogP contribution is -2.15. The SMILES string of the molecule is CCOC(=O)c1cccc(NC(=O)Cc2nc(-c3cccs3)oc2C)c1. The molecular weight excluding hydrogens is 352 g/mol. The predicted molar refractivity (Wildman–Crippen MR) is 99.3 cm³/mol. The molecule has 7 heteroatoms. The van der Waals surface area contributed by atoms with Gasteiger partial charge in [0.15, 0.2) is 0 Å². The molecule has 26 heavy (non-hydrogen) atoms. The summed E-state index contributed by atoms with van der Waals surface area (Å²) < 4.78 is 10.6. The van der Waals surface area contributed by atoms with Crippen molar-refractivity contribution in [2.75, 3.05) is 11.9 Å². The molecule has 1 N–H and O–H groups in total. The lowest BCUT2D eigenvalue weighted by Gasteiger charge is -2.06. The molecule has 0 aliphatic carbocycles. The zero-order valence-corrected chi connectivity index (χ0v) is 15.3. The number of benzene rings is 1. The highest BCUT2D eigenvalue weighted by Crippen LogP contribution is 2.26. The molecule has 1 aromatic carbocycles. The van der Waals surface area contributed by atoms with Crippen molar-refractivity contribution >= 4 is 28.9 Å². The van der Waals surface area contributed by atoms with Crippen LogP contribution in [0.25, 0.3) is 10.8 Å². The first-order valence-electron chi connectivity index (χ1n) is 8.14. The largest absolute Gasteiger partial charge is 0.462 e. The first kappa shape index (κ1) is 17.9. The summed E-state index contributed by atoms with van der Waals surface area (Å²) in [5, 5.41) is 4.72. The molecule has 2 aromatic heterocycles. The maximum absolute atomic E-state index is 12.3. The Morgan fingerprint density at radius 3 is 2.85 bits per heavy atom. The summed E-state index contributed by atoms with van der Waals surface area (Å²) in [7, 11) is 0. The van der Waals surface area contributed by atoms with E-state index in [0.717, 1.165) is 4.88 Å². The van der Waals surface area contributed by atoms with Gasteiger partial charge in [-0.2, -0.15) is 0 Å². The van der Waals surface area contributed by atoms with Gasteiger partial charge in [0.05, 0.1) is 29.2 Å². The molecule has 2 heterocycles. The Labute approximate surface area is 154 Å². The summed E-state index contributed by atoms with van der Waals surface area (Å²) in [4.78, 5) is 29.4. The quantitative estimate of drug-likeness (QED) is 0.662. The van der Waals surface area contributed by atoms with Crippen LogP contribution in [-0.4, -0.2) is 23.5 Å². The number of nitrogens with zero attached hydrogens (tertiary/aromatic N) is 1. The maximum atomic E-state index is 12.3. The second kappa shape index (κ2) is 7.97. The van der Waals surface area contributed by atoms with Gasteiger partial charge in [0.1, 0.15) is 5.76 Å². The average molecular weight is 370 g/mol. The molecular formula is C19H18N2O4S. The highest BCUT2D eigenvalue weighted by Gasteiger charge is 2.16. The highest BCUT2D eigenvalue weighted by atomic mass is 32.1. The van der Waals surface area contributed by atoms with Crippen LogP contribution in [0.2, 0.25) is 0 Å². The molecule has 0 saturated carbocycles. The zero-order valence-electron chi connectivity index (χ0n) is 14.4. The number of aryl methyl sites for hydroxylation is 1. The van der Waals surface area contributed by atoms with Crippen LogP contribution in [0.5, 0.6) is 0 Å². The Hall–Kier alpha value is -2.93. The molecule has 0 fully saturated rings. The number of carbonyl (C=O) groups is 2. The molecule has 0 aliphatic rings. The van der Waals surface area contributed by atoms with E-state index in [0.29, 0.717) is 35.2 Å². The average Bonchev–Trinajstić information content (AvgIpc) is 3.26. The van der Waals surface area contributed by atoms with E-state index in [1.54, 1.807) is 38.1 Å². The molecule has 6 nitrogen and oxygen atoms in total. The fourth-order valence-corrected chi connectivity index (χ4v) is 3.04. The van der Waals surface area contributed by atoms with Gasteiger partial charge in [-0.15, -0.1) is 11.3 Å². The van der Waals surface area contributed by atoms with E-state index in [1.165, 1.54) is 11.3 Å². The lowest BCUT2D eigenvalue weighted by atomic mass is 10.2. The van der Waals surface area contributed by atoms with Crippen LogP contribution >= 0.6 is 11.3 Å². The van der Waals surface area contributed by atoms with Crippen LogP contribution in [0.4, 0.5) is 5.69 Å². The van der Waals surface area contributed by atoms with Crippen LogP contribution in [0.3, 0.4) is 0 Å². The minimum Gasteiger partial charge on any atom is -0.462 e. The van der Waals surface area contributed by atoms with E-state index in [9.17, 15) is 9.59 Å². The van der Waals surface area contributed by atoms with Crippen molar-refractivity contribution < 1.29 is 18.7 Å². The van der Waals surface area contributed by atoms with Crippen molar-refractivity contribution in [3.63, 3.8) is 0 Å². The summed E-state index contributed by atoms with van der Waals surface area (Å²) in [6, 6.07) is 10.5. The number of hydrogen-bond donors (Lipinski definition) is 1. The molecule has 0 atom stereocenters. The normalized spacial score (nSPS) is 10.5. The molecule has 3 rings (SSSR count). The van der Waals surface area contributed by atoms with Gasteiger partial charge in [-0.3, -0.25) is 4.79 Å². The molecule has 134 valence electrons. The number of aromatic nitrogens is 1. The number of esters is 1. The van der Waals surface area contributed by atoms with Crippen LogP contribution < -0.4 is 5.32 Å². The van der Waals surface area contributed by atoms with E-state index >= 15 is 0 Å². The highest BCUT2D eigenvalue weighted by molar-refractivity contribution is 7.13. The summed E-state index contributed by atoms with van der Waals surface area (Å²) in [5.41, 5.74) is 1.51. The molecule has 0 spiro atoms. The lowest BCUT2D eigenvalue weighted by molar-refractivity contribution is -0.115. The molecule has 0 aliphatic heterocycles. The third-order valence-electron chi connectivity index (χ3n) is 3.61. The van der Waals surface area contributed by atoms with Crippen molar-refractivity contribution in [1.29, 1.82) is 0 Å². The second-order valence-corrected chi connectivity index (χ2v) is 6.47. The summed E-state index contributed by atoms with van der Waals surface area (Å²) >= 11 is 1.53. The minimum absolute atomic E-state index is 0.0876. The van der Waals surface area contributed by atoms with E-state index in [4.69, 9.17) is 9.15 Å². The van der Waals surface area contributed by atoms with E-state index in [2.05, 4.69) is 10.3 Å². The van der Waals surface area contributed by atoms with Crippen LogP contribution in [-0.2, 0) is 16.0 Å². The zero-order chi connectivity index (χ0) is 18.5. The van der Waals surface area contributed by atoms with Gasteiger partial charge in [-0.25, -0.2) is 9.78 Å². The van der Waals surface area contributed by atoms with Crippen molar-refractivity contribution in [3.8, 4) is 10.8 Å². The monoisotopic (exact) mass is 370 g/mol. The summed E-state index contributed by atoms with van der Waals surface area (Å²) in [6.07, 6.45) is 0.0876. The number of anilines is 1. The van der Waals surface area contributed by atoms with Gasteiger partial charge in [0.25, 0.3) is 0 Å². The Bertz CT molecular complexity index is 916. The van der Waals surface area contributed by atoms with Crippen molar-refractivity contribution in [2.45, 2.75) is 20.3 Å².